The van der Waals surface area contributed by atoms with Crippen LogP contribution in [0.2, 0.25) is 5.02 Å². The number of ketones is 1. The van der Waals surface area contributed by atoms with Crippen LogP contribution in [0, 0.1) is 5.92 Å². The first-order chi connectivity index (χ1) is 20.0. The molecule has 2 heterocycles. The summed E-state index contributed by atoms with van der Waals surface area (Å²) in [6.07, 6.45) is -4.73. The van der Waals surface area contributed by atoms with Gasteiger partial charge in [-0.2, -0.15) is 13.2 Å². The third-order valence-electron chi connectivity index (χ3n) is 7.47. The van der Waals surface area contributed by atoms with Crippen LogP contribution in [0.25, 0.3) is 0 Å². The average molecular weight is 617 g/mol. The zero-order valence-corrected chi connectivity index (χ0v) is 23.8. The summed E-state index contributed by atoms with van der Waals surface area (Å²) in [5, 5.41) is 1.64. The number of Topliss-reactive ketones (excluding diaryl/α,β-unsaturated/α-hetero) is 1. The van der Waals surface area contributed by atoms with E-state index in [-0.39, 0.29) is 39.8 Å². The summed E-state index contributed by atoms with van der Waals surface area (Å²) in [6.45, 7) is 0. The fourth-order valence-corrected chi connectivity index (χ4v) is 6.67. The summed E-state index contributed by atoms with van der Waals surface area (Å²) < 4.78 is 51.6. The van der Waals surface area contributed by atoms with Crippen molar-refractivity contribution in [3.63, 3.8) is 0 Å². The van der Waals surface area contributed by atoms with Crippen molar-refractivity contribution in [3.8, 4) is 0 Å². The molecule has 2 aliphatic rings. The Bertz CT molecular complexity index is 1620. The lowest BCUT2D eigenvalue weighted by Gasteiger charge is -2.44. The third kappa shape index (κ3) is 4.96. The number of halogens is 4. The maximum Gasteiger partial charge on any atom is 0.416 e. The number of thiophene rings is 1. The fraction of sp³-hybridized carbons (Fsp3) is 0.233. The summed E-state index contributed by atoms with van der Waals surface area (Å²) in [5.74, 6) is -5.66. The maximum absolute atomic E-state index is 14.5. The predicted molar refractivity (Wildman–Crippen MR) is 151 cm³/mol. The number of allylic oxidation sites excluding steroid dienone is 2. The molecule has 0 unspecified atom stereocenters. The summed E-state index contributed by atoms with van der Waals surface area (Å²) in [7, 11) is 2.30. The van der Waals surface area contributed by atoms with Crippen molar-refractivity contribution in [1.29, 1.82) is 0 Å². The highest BCUT2D eigenvalue weighted by Crippen LogP contribution is 2.53. The Labute approximate surface area is 248 Å². The SMILES string of the molecule is COC(=O)C1=C(N)N(c2cc(C(F)(F)F)ccc2Cl)C2=C(C(=O)[C@H](C(=O)OC)[C@@H](c3ccccc3)C2)[C@H]1c1cccs1. The van der Waals surface area contributed by atoms with E-state index < -0.39 is 47.2 Å². The van der Waals surface area contributed by atoms with Crippen LogP contribution >= 0.6 is 22.9 Å². The van der Waals surface area contributed by atoms with Gasteiger partial charge in [-0.3, -0.25) is 14.5 Å². The lowest BCUT2D eigenvalue weighted by Crippen LogP contribution is -2.46. The van der Waals surface area contributed by atoms with Crippen molar-refractivity contribution in [2.24, 2.45) is 11.7 Å². The molecule has 0 radical (unpaired) electrons. The Morgan fingerprint density at radius 1 is 1.05 bits per heavy atom. The van der Waals surface area contributed by atoms with Gasteiger partial charge in [-0.25, -0.2) is 4.79 Å². The molecule has 7 nitrogen and oxygen atoms in total. The molecule has 12 heteroatoms. The Hall–Kier alpha value is -4.09. The van der Waals surface area contributed by atoms with Gasteiger partial charge in [-0.15, -0.1) is 11.3 Å². The van der Waals surface area contributed by atoms with Gasteiger partial charge in [0.15, 0.2) is 5.78 Å². The average Bonchev–Trinajstić information content (AvgIpc) is 3.51. The highest BCUT2D eigenvalue weighted by atomic mass is 35.5. The number of ether oxygens (including phenoxy) is 2. The largest absolute Gasteiger partial charge is 0.468 e. The number of benzene rings is 2. The summed E-state index contributed by atoms with van der Waals surface area (Å²) in [5.41, 5.74) is 6.18. The molecule has 0 bridgehead atoms. The molecular formula is C30H24ClF3N2O5S. The highest BCUT2D eigenvalue weighted by Gasteiger charge is 2.51. The second kappa shape index (κ2) is 11.3. The van der Waals surface area contributed by atoms with Crippen molar-refractivity contribution in [2.75, 3.05) is 19.1 Å². The van der Waals surface area contributed by atoms with Crippen LogP contribution in [-0.4, -0.2) is 31.9 Å². The molecule has 0 saturated heterocycles. The molecule has 42 heavy (non-hydrogen) atoms. The topological polar surface area (TPSA) is 98.9 Å². The van der Waals surface area contributed by atoms with E-state index in [1.807, 2.05) is 0 Å². The van der Waals surface area contributed by atoms with Gasteiger partial charge in [-0.1, -0.05) is 48.0 Å². The van der Waals surface area contributed by atoms with E-state index in [2.05, 4.69) is 0 Å². The monoisotopic (exact) mass is 616 g/mol. The maximum atomic E-state index is 14.5. The van der Waals surface area contributed by atoms with Crippen LogP contribution in [0.5, 0.6) is 0 Å². The van der Waals surface area contributed by atoms with Crippen molar-refractivity contribution in [1.82, 2.24) is 0 Å². The minimum Gasteiger partial charge on any atom is -0.468 e. The molecule has 218 valence electrons. The number of hydrogen-bond donors (Lipinski definition) is 1. The predicted octanol–water partition coefficient (Wildman–Crippen LogP) is 6.17. The van der Waals surface area contributed by atoms with Gasteiger partial charge in [0.2, 0.25) is 0 Å². The molecule has 1 aromatic heterocycles. The molecule has 0 amide bonds. The van der Waals surface area contributed by atoms with E-state index in [0.717, 1.165) is 25.3 Å². The number of hydrogen-bond acceptors (Lipinski definition) is 8. The number of rotatable bonds is 5. The number of nitrogens with two attached hydrogens (primary N) is 1. The number of alkyl halides is 3. The molecule has 3 atom stereocenters. The molecule has 5 rings (SSSR count). The van der Waals surface area contributed by atoms with Gasteiger partial charge in [-0.05, 0) is 41.6 Å². The quantitative estimate of drug-likeness (QED) is 0.270. The molecule has 2 aromatic carbocycles. The second-order valence-electron chi connectivity index (χ2n) is 9.69. The minimum atomic E-state index is -4.72. The molecule has 0 fully saturated rings. The standard InChI is InChI=1S/C30H24ClF3N2O5S/c1-40-28(38)22-17(15-7-4-3-5-8-15)14-20-23(26(22)37)24(21-9-6-12-42-21)25(29(39)41-2)27(35)36(20)19-13-16(30(32,33)34)10-11-18(19)31/h3-13,17,22,24H,14,35H2,1-2H3/t17-,22-,24-/m1/s1. The smallest absolute Gasteiger partial charge is 0.416 e. The van der Waals surface area contributed by atoms with Gasteiger partial charge in [0, 0.05) is 22.1 Å². The number of carbonyl (C=O) groups is 3. The van der Waals surface area contributed by atoms with E-state index in [9.17, 15) is 27.6 Å². The van der Waals surface area contributed by atoms with Gasteiger partial charge in [0.25, 0.3) is 0 Å². The highest BCUT2D eigenvalue weighted by molar-refractivity contribution is 7.10. The number of methoxy groups -OCH3 is 2. The summed E-state index contributed by atoms with van der Waals surface area (Å²) >= 11 is 7.73. The molecule has 3 aromatic rings. The molecule has 1 aliphatic carbocycles. The number of carbonyl (C=O) groups excluding carboxylic acids is 3. The first kappa shape index (κ1) is 29.4. The van der Waals surface area contributed by atoms with E-state index >= 15 is 0 Å². The lowest BCUT2D eigenvalue weighted by molar-refractivity contribution is -0.150. The fourth-order valence-electron chi connectivity index (χ4n) is 5.62. The summed E-state index contributed by atoms with van der Waals surface area (Å²) in [4.78, 5) is 42.7. The second-order valence-corrected chi connectivity index (χ2v) is 11.1. The first-order valence-electron chi connectivity index (χ1n) is 12.7. The lowest BCUT2D eigenvalue weighted by atomic mass is 9.68. The van der Waals surface area contributed by atoms with Gasteiger partial charge < -0.3 is 15.2 Å². The van der Waals surface area contributed by atoms with Crippen LogP contribution in [0.3, 0.4) is 0 Å². The minimum absolute atomic E-state index is 0.00550. The van der Waals surface area contributed by atoms with Crippen LogP contribution in [0.1, 0.15) is 34.3 Å². The van der Waals surface area contributed by atoms with E-state index in [1.165, 1.54) is 23.3 Å². The van der Waals surface area contributed by atoms with E-state index in [1.54, 1.807) is 47.8 Å². The Kier molecular flexibility index (Phi) is 7.91. The third-order valence-corrected chi connectivity index (χ3v) is 8.73. The molecule has 0 saturated carbocycles. The van der Waals surface area contributed by atoms with Gasteiger partial charge in [0.05, 0.1) is 42.0 Å². The van der Waals surface area contributed by atoms with Crippen LogP contribution in [0.15, 0.2) is 88.7 Å². The van der Waals surface area contributed by atoms with Crippen molar-refractivity contribution < 1.29 is 37.0 Å². The van der Waals surface area contributed by atoms with E-state index in [0.29, 0.717) is 10.4 Å². The number of nitrogens with zero attached hydrogens (tertiary/aromatic N) is 1. The molecular weight excluding hydrogens is 593 g/mol. The van der Waals surface area contributed by atoms with Crippen molar-refractivity contribution in [2.45, 2.75) is 24.4 Å². The van der Waals surface area contributed by atoms with Gasteiger partial charge >= 0.3 is 18.1 Å². The molecule has 2 N–H and O–H groups in total. The van der Waals surface area contributed by atoms with Gasteiger partial charge in [0.1, 0.15) is 11.7 Å². The molecule has 1 aliphatic heterocycles. The first-order valence-corrected chi connectivity index (χ1v) is 13.9. The normalized spacial score (nSPS) is 20.9. The van der Waals surface area contributed by atoms with Crippen LogP contribution in [-0.2, 0) is 30.0 Å². The Morgan fingerprint density at radius 2 is 1.76 bits per heavy atom. The zero-order valence-electron chi connectivity index (χ0n) is 22.3. The van der Waals surface area contributed by atoms with E-state index in [4.69, 9.17) is 26.8 Å². The van der Waals surface area contributed by atoms with Crippen molar-refractivity contribution in [3.05, 3.63) is 110 Å². The van der Waals surface area contributed by atoms with Crippen molar-refractivity contribution >= 4 is 46.3 Å². The zero-order chi connectivity index (χ0) is 30.3. The molecule has 0 spiro atoms. The Balaban J connectivity index is 1.85. The van der Waals surface area contributed by atoms with Crippen LogP contribution in [0.4, 0.5) is 18.9 Å². The number of anilines is 1. The van der Waals surface area contributed by atoms with Crippen LogP contribution < -0.4 is 10.6 Å². The summed E-state index contributed by atoms with van der Waals surface area (Å²) in [6, 6.07) is 14.9. The number of esters is 2. The Morgan fingerprint density at radius 3 is 2.36 bits per heavy atom.